The first kappa shape index (κ1) is 12.1. The van der Waals surface area contributed by atoms with Crippen LogP contribution in [-0.4, -0.2) is 24.0 Å². The summed E-state index contributed by atoms with van der Waals surface area (Å²) < 4.78 is 0. The molecule has 1 aromatic rings. The van der Waals surface area contributed by atoms with E-state index in [2.05, 4.69) is 30.0 Å². The van der Waals surface area contributed by atoms with Gasteiger partial charge in [0.25, 0.3) is 0 Å². The maximum Gasteiger partial charge on any atom is 0.0417 e. The first-order valence-electron chi connectivity index (χ1n) is 4.75. The van der Waals surface area contributed by atoms with Crippen molar-refractivity contribution in [3.05, 3.63) is 29.6 Å². The van der Waals surface area contributed by atoms with Gasteiger partial charge in [0.1, 0.15) is 0 Å². The third-order valence-corrected chi connectivity index (χ3v) is 1.60. The van der Waals surface area contributed by atoms with Crippen molar-refractivity contribution in [3.63, 3.8) is 0 Å². The molecule has 0 spiro atoms. The van der Waals surface area contributed by atoms with Gasteiger partial charge in [0.15, 0.2) is 0 Å². The summed E-state index contributed by atoms with van der Waals surface area (Å²) in [4.78, 5) is 6.35. The second-order valence-corrected chi connectivity index (χ2v) is 2.99. The molecule has 0 atom stereocenters. The molecule has 2 heteroatoms. The van der Waals surface area contributed by atoms with Crippen molar-refractivity contribution < 1.29 is 0 Å². The Morgan fingerprint density at radius 3 is 2.38 bits per heavy atom. The molecule has 0 amide bonds. The first-order valence-corrected chi connectivity index (χ1v) is 4.75. The number of hydrogen-bond acceptors (Lipinski definition) is 2. The van der Waals surface area contributed by atoms with E-state index in [4.69, 9.17) is 0 Å². The van der Waals surface area contributed by atoms with Gasteiger partial charge >= 0.3 is 0 Å². The van der Waals surface area contributed by atoms with Gasteiger partial charge in [-0.25, -0.2) is 0 Å². The molecule has 74 valence electrons. The minimum atomic E-state index is 0.972. The monoisotopic (exact) mass is 180 g/mol. The highest BCUT2D eigenvalue weighted by molar-refractivity contribution is 5.17. The van der Waals surface area contributed by atoms with E-state index in [1.807, 2.05) is 33.0 Å². The summed E-state index contributed by atoms with van der Waals surface area (Å²) in [6.45, 7) is 7.01. The Kier molecular flexibility index (Phi) is 6.15. The first-order chi connectivity index (χ1) is 6.20. The zero-order valence-electron chi connectivity index (χ0n) is 9.33. The van der Waals surface area contributed by atoms with Gasteiger partial charge in [-0.3, -0.25) is 4.98 Å². The maximum atomic E-state index is 4.21. The molecule has 13 heavy (non-hydrogen) atoms. The molecular weight excluding hydrogens is 160 g/mol. The van der Waals surface area contributed by atoms with Gasteiger partial charge < -0.3 is 4.90 Å². The van der Waals surface area contributed by atoms with Crippen molar-refractivity contribution in [2.45, 2.75) is 27.3 Å². The summed E-state index contributed by atoms with van der Waals surface area (Å²) in [5.74, 6) is 0. The number of nitrogens with zero attached hydrogens (tertiary/aromatic N) is 2. The molecule has 2 nitrogen and oxygen atoms in total. The molecule has 0 saturated heterocycles. The normalized spacial score (nSPS) is 9.38. The molecule has 0 unspecified atom stereocenters. The number of aryl methyl sites for hydroxylation is 1. The molecule has 0 aliphatic rings. The molecule has 0 aromatic carbocycles. The Morgan fingerprint density at radius 1 is 1.31 bits per heavy atom. The number of pyridine rings is 1. The smallest absolute Gasteiger partial charge is 0.0417 e. The number of rotatable bonds is 2. The molecule has 0 aliphatic carbocycles. The molecule has 1 rings (SSSR count). The predicted octanol–water partition coefficient (Wildman–Crippen LogP) is 2.48. The van der Waals surface area contributed by atoms with Crippen molar-refractivity contribution in [2.24, 2.45) is 0 Å². The quantitative estimate of drug-likeness (QED) is 0.695. The number of hydrogen-bond donors (Lipinski definition) is 0. The van der Waals surface area contributed by atoms with E-state index in [-0.39, 0.29) is 0 Å². The molecule has 0 saturated carbocycles. The Labute approximate surface area is 81.6 Å². The van der Waals surface area contributed by atoms with E-state index >= 15 is 0 Å². The molecular formula is C11H20N2. The molecule has 1 aromatic heterocycles. The van der Waals surface area contributed by atoms with Gasteiger partial charge in [-0.15, -0.1) is 0 Å². The summed E-state index contributed by atoms with van der Waals surface area (Å²) in [6, 6.07) is 4.09. The van der Waals surface area contributed by atoms with Crippen molar-refractivity contribution in [1.29, 1.82) is 0 Å². The van der Waals surface area contributed by atoms with Gasteiger partial charge in [0.05, 0.1) is 0 Å². The summed E-state index contributed by atoms with van der Waals surface area (Å²) in [5, 5.41) is 0. The van der Waals surface area contributed by atoms with Crippen LogP contribution in [0.25, 0.3) is 0 Å². The Morgan fingerprint density at radius 2 is 1.92 bits per heavy atom. The topological polar surface area (TPSA) is 16.1 Å². The van der Waals surface area contributed by atoms with Crippen LogP contribution in [0.4, 0.5) is 0 Å². The fourth-order valence-electron chi connectivity index (χ4n) is 1.03. The minimum absolute atomic E-state index is 0.972. The average molecular weight is 180 g/mol. The van der Waals surface area contributed by atoms with Gasteiger partial charge in [0.2, 0.25) is 0 Å². The zero-order chi connectivity index (χ0) is 10.3. The largest absolute Gasteiger partial charge is 0.305 e. The second-order valence-electron chi connectivity index (χ2n) is 2.99. The SMILES string of the molecule is CC.Cc1ncccc1CN(C)C. The molecule has 0 aliphatic heterocycles. The van der Waals surface area contributed by atoms with E-state index in [0.717, 1.165) is 12.2 Å². The summed E-state index contributed by atoms with van der Waals surface area (Å²) in [7, 11) is 4.12. The van der Waals surface area contributed by atoms with Crippen molar-refractivity contribution >= 4 is 0 Å². The van der Waals surface area contributed by atoms with Crippen LogP contribution in [0.2, 0.25) is 0 Å². The average Bonchev–Trinajstić information content (AvgIpc) is 2.12. The Balaban J connectivity index is 0.000000671. The van der Waals surface area contributed by atoms with Crippen LogP contribution >= 0.6 is 0 Å². The lowest BCUT2D eigenvalue weighted by Gasteiger charge is -2.10. The predicted molar refractivity (Wildman–Crippen MR) is 57.7 cm³/mol. The highest BCUT2D eigenvalue weighted by Crippen LogP contribution is 2.04. The van der Waals surface area contributed by atoms with Crippen molar-refractivity contribution in [1.82, 2.24) is 9.88 Å². The van der Waals surface area contributed by atoms with Gasteiger partial charge in [-0.2, -0.15) is 0 Å². The van der Waals surface area contributed by atoms with E-state index in [1.54, 1.807) is 0 Å². The molecule has 0 fully saturated rings. The van der Waals surface area contributed by atoms with E-state index in [0.29, 0.717) is 0 Å². The lowest BCUT2D eigenvalue weighted by atomic mass is 10.2. The lowest BCUT2D eigenvalue weighted by Crippen LogP contribution is -2.11. The molecule has 1 heterocycles. The van der Waals surface area contributed by atoms with Gasteiger partial charge in [-0.05, 0) is 32.6 Å². The summed E-state index contributed by atoms with van der Waals surface area (Å²) in [6.07, 6.45) is 1.83. The van der Waals surface area contributed by atoms with Crippen LogP contribution in [0.5, 0.6) is 0 Å². The fraction of sp³-hybridized carbons (Fsp3) is 0.545. The van der Waals surface area contributed by atoms with Crippen LogP contribution < -0.4 is 0 Å². The molecule has 0 radical (unpaired) electrons. The van der Waals surface area contributed by atoms with Crippen LogP contribution in [0, 0.1) is 6.92 Å². The van der Waals surface area contributed by atoms with Gasteiger partial charge in [-0.1, -0.05) is 19.9 Å². The summed E-state index contributed by atoms with van der Waals surface area (Å²) in [5.41, 5.74) is 2.43. The Bertz CT molecular complexity index is 231. The third-order valence-electron chi connectivity index (χ3n) is 1.60. The van der Waals surface area contributed by atoms with E-state index in [9.17, 15) is 0 Å². The lowest BCUT2D eigenvalue weighted by molar-refractivity contribution is 0.401. The third kappa shape index (κ3) is 4.63. The van der Waals surface area contributed by atoms with Crippen molar-refractivity contribution in [3.8, 4) is 0 Å². The van der Waals surface area contributed by atoms with Crippen LogP contribution in [0.15, 0.2) is 18.3 Å². The number of aromatic nitrogens is 1. The van der Waals surface area contributed by atoms with E-state index < -0.39 is 0 Å². The van der Waals surface area contributed by atoms with Gasteiger partial charge in [0, 0.05) is 18.4 Å². The summed E-state index contributed by atoms with van der Waals surface area (Å²) >= 11 is 0. The van der Waals surface area contributed by atoms with Crippen molar-refractivity contribution in [2.75, 3.05) is 14.1 Å². The zero-order valence-corrected chi connectivity index (χ0v) is 9.33. The van der Waals surface area contributed by atoms with Crippen LogP contribution in [0.1, 0.15) is 25.1 Å². The highest BCUT2D eigenvalue weighted by Gasteiger charge is 1.97. The Hall–Kier alpha value is -0.890. The maximum absolute atomic E-state index is 4.21. The standard InChI is InChI=1S/C9H14N2.C2H6/c1-8-9(7-11(2)3)5-4-6-10-8;1-2/h4-6H,7H2,1-3H3;1-2H3. The molecule has 0 bridgehead atoms. The minimum Gasteiger partial charge on any atom is -0.305 e. The fourth-order valence-corrected chi connectivity index (χ4v) is 1.03. The van der Waals surface area contributed by atoms with Crippen LogP contribution in [-0.2, 0) is 6.54 Å². The van der Waals surface area contributed by atoms with E-state index in [1.165, 1.54) is 5.56 Å². The highest BCUT2D eigenvalue weighted by atomic mass is 15.0. The van der Waals surface area contributed by atoms with Crippen LogP contribution in [0.3, 0.4) is 0 Å². The second kappa shape index (κ2) is 6.61. The molecule has 0 N–H and O–H groups in total.